The van der Waals surface area contributed by atoms with Gasteiger partial charge in [-0.3, -0.25) is 14.9 Å². The summed E-state index contributed by atoms with van der Waals surface area (Å²) in [5.41, 5.74) is 0. The number of nitrogens with one attached hydrogen (secondary N) is 1. The Balaban J connectivity index is 2.27. The Bertz CT molecular complexity index is 202. The summed E-state index contributed by atoms with van der Waals surface area (Å²) in [5.74, 6) is 0.418. The first-order valence-electron chi connectivity index (χ1n) is 4.27. The van der Waals surface area contributed by atoms with Crippen molar-refractivity contribution in [3.05, 3.63) is 0 Å². The average molecular weight is 203 g/mol. The fraction of sp³-hybridized carbons (Fsp3) is 0.750. The number of hydrogen-bond donors (Lipinski definition) is 1. The van der Waals surface area contributed by atoms with Crippen LogP contribution in [0, 0.1) is 0 Å². The lowest BCUT2D eigenvalue weighted by Gasteiger charge is -2.06. The summed E-state index contributed by atoms with van der Waals surface area (Å²) in [6.45, 7) is 2.90. The molecule has 74 valence electrons. The van der Waals surface area contributed by atoms with E-state index in [4.69, 9.17) is 0 Å². The largest absolute Gasteiger partial charge is 0.466 e. The van der Waals surface area contributed by atoms with E-state index in [1.165, 1.54) is 0 Å². The monoisotopic (exact) mass is 203 g/mol. The summed E-state index contributed by atoms with van der Waals surface area (Å²) in [4.78, 5) is 22.3. The van der Waals surface area contributed by atoms with E-state index in [0.717, 1.165) is 12.3 Å². The molecule has 0 spiro atoms. The van der Waals surface area contributed by atoms with Crippen LogP contribution in [0.4, 0.5) is 0 Å². The third-order valence-electron chi connectivity index (χ3n) is 1.63. The van der Waals surface area contributed by atoms with Crippen molar-refractivity contribution in [3.63, 3.8) is 0 Å². The molecule has 1 aliphatic heterocycles. The van der Waals surface area contributed by atoms with Crippen LogP contribution < -0.4 is 5.32 Å². The van der Waals surface area contributed by atoms with E-state index >= 15 is 0 Å². The van der Waals surface area contributed by atoms with Crippen molar-refractivity contribution in [2.24, 2.45) is 0 Å². The van der Waals surface area contributed by atoms with Gasteiger partial charge in [-0.1, -0.05) is 0 Å². The molecule has 0 radical (unpaired) electrons. The van der Waals surface area contributed by atoms with Gasteiger partial charge in [0.05, 0.1) is 6.61 Å². The van der Waals surface area contributed by atoms with Gasteiger partial charge in [0.15, 0.2) is 5.78 Å². The Labute approximate surface area is 81.4 Å². The molecule has 0 aromatic rings. The lowest BCUT2D eigenvalue weighted by atomic mass is 10.3. The Hall–Kier alpha value is -0.550. The molecule has 1 aliphatic rings. The molecule has 1 atom stereocenters. The van der Waals surface area contributed by atoms with Crippen LogP contribution in [0.15, 0.2) is 0 Å². The number of carbonyl (C=O) groups excluding carboxylic acids is 2. The maximum absolute atomic E-state index is 11.3. The van der Waals surface area contributed by atoms with Crippen molar-refractivity contribution in [2.45, 2.75) is 18.7 Å². The van der Waals surface area contributed by atoms with E-state index in [9.17, 15) is 9.59 Å². The molecule has 0 bridgehead atoms. The van der Waals surface area contributed by atoms with Crippen LogP contribution in [-0.4, -0.2) is 36.0 Å². The van der Waals surface area contributed by atoms with Crippen molar-refractivity contribution in [3.8, 4) is 0 Å². The van der Waals surface area contributed by atoms with Crippen molar-refractivity contribution in [1.82, 2.24) is 5.32 Å². The van der Waals surface area contributed by atoms with Crippen molar-refractivity contribution in [2.75, 3.05) is 18.9 Å². The van der Waals surface area contributed by atoms with E-state index in [2.05, 4.69) is 10.1 Å². The van der Waals surface area contributed by atoms with E-state index in [0.29, 0.717) is 6.61 Å². The van der Waals surface area contributed by atoms with Crippen molar-refractivity contribution in [1.29, 1.82) is 0 Å². The SMILES string of the molecule is CCOC(=O)CC(=O)C1NCCS1. The molecule has 5 heteroatoms. The molecule has 1 saturated heterocycles. The van der Waals surface area contributed by atoms with Gasteiger partial charge < -0.3 is 4.74 Å². The summed E-state index contributed by atoms with van der Waals surface area (Å²) in [5, 5.41) is 2.81. The topological polar surface area (TPSA) is 55.4 Å². The quantitative estimate of drug-likeness (QED) is 0.521. The summed E-state index contributed by atoms with van der Waals surface area (Å²) in [7, 11) is 0. The van der Waals surface area contributed by atoms with Crippen molar-refractivity contribution >= 4 is 23.5 Å². The fourth-order valence-electron chi connectivity index (χ4n) is 1.08. The molecular weight excluding hydrogens is 190 g/mol. The van der Waals surface area contributed by atoms with Gasteiger partial charge in [0, 0.05) is 12.3 Å². The molecule has 13 heavy (non-hydrogen) atoms. The predicted octanol–water partition coefficient (Wildman–Crippen LogP) is 0.171. The maximum atomic E-state index is 11.3. The Kier molecular flexibility index (Phi) is 4.24. The van der Waals surface area contributed by atoms with E-state index in [1.807, 2.05) is 0 Å². The van der Waals surface area contributed by atoms with E-state index in [-0.39, 0.29) is 17.6 Å². The highest BCUT2D eigenvalue weighted by Crippen LogP contribution is 2.15. The van der Waals surface area contributed by atoms with Crippen LogP contribution in [-0.2, 0) is 14.3 Å². The van der Waals surface area contributed by atoms with Crippen LogP contribution in [0.1, 0.15) is 13.3 Å². The molecule has 4 nitrogen and oxygen atoms in total. The van der Waals surface area contributed by atoms with Crippen LogP contribution in [0.25, 0.3) is 0 Å². The summed E-state index contributed by atoms with van der Waals surface area (Å²) >= 11 is 1.54. The van der Waals surface area contributed by atoms with Gasteiger partial charge in [-0.25, -0.2) is 0 Å². The second kappa shape index (κ2) is 5.24. The van der Waals surface area contributed by atoms with Gasteiger partial charge in [-0.05, 0) is 6.92 Å². The van der Waals surface area contributed by atoms with Crippen LogP contribution in [0.5, 0.6) is 0 Å². The van der Waals surface area contributed by atoms with Gasteiger partial charge in [0.25, 0.3) is 0 Å². The summed E-state index contributed by atoms with van der Waals surface area (Å²) in [6, 6.07) is 0. The zero-order valence-electron chi connectivity index (χ0n) is 7.54. The van der Waals surface area contributed by atoms with Gasteiger partial charge in [0.1, 0.15) is 11.8 Å². The second-order valence-corrected chi connectivity index (χ2v) is 3.87. The molecule has 1 unspecified atom stereocenters. The smallest absolute Gasteiger partial charge is 0.313 e. The molecule has 0 aliphatic carbocycles. The number of carbonyl (C=O) groups is 2. The van der Waals surface area contributed by atoms with Gasteiger partial charge >= 0.3 is 5.97 Å². The summed E-state index contributed by atoms with van der Waals surface area (Å²) < 4.78 is 4.68. The highest BCUT2D eigenvalue weighted by atomic mass is 32.2. The molecule has 0 aromatic carbocycles. The fourth-order valence-corrected chi connectivity index (χ4v) is 2.06. The second-order valence-electron chi connectivity index (χ2n) is 2.65. The van der Waals surface area contributed by atoms with E-state index in [1.54, 1.807) is 18.7 Å². The standard InChI is InChI=1S/C8H13NO3S/c1-2-12-7(11)5-6(10)8-9-3-4-13-8/h8-9H,2-5H2,1H3. The number of hydrogen-bond acceptors (Lipinski definition) is 5. The highest BCUT2D eigenvalue weighted by molar-refractivity contribution is 8.00. The Morgan fingerprint density at radius 2 is 2.38 bits per heavy atom. The van der Waals surface area contributed by atoms with Crippen LogP contribution in [0.3, 0.4) is 0 Å². The number of ether oxygens (including phenoxy) is 1. The molecule has 0 amide bonds. The maximum Gasteiger partial charge on any atom is 0.313 e. The summed E-state index contributed by atoms with van der Waals surface area (Å²) in [6.07, 6.45) is -0.113. The predicted molar refractivity (Wildman–Crippen MR) is 50.5 cm³/mol. The lowest BCUT2D eigenvalue weighted by molar-refractivity contribution is -0.145. The molecule has 1 rings (SSSR count). The number of esters is 1. The van der Waals surface area contributed by atoms with Gasteiger partial charge in [-0.15, -0.1) is 11.8 Å². The first kappa shape index (κ1) is 10.5. The minimum atomic E-state index is -0.429. The number of ketones is 1. The average Bonchev–Trinajstić information content (AvgIpc) is 2.55. The lowest BCUT2D eigenvalue weighted by Crippen LogP contribution is -2.30. The molecular formula is C8H13NO3S. The van der Waals surface area contributed by atoms with E-state index < -0.39 is 5.97 Å². The minimum Gasteiger partial charge on any atom is -0.466 e. The number of rotatable bonds is 4. The Morgan fingerprint density at radius 3 is 2.92 bits per heavy atom. The highest BCUT2D eigenvalue weighted by Gasteiger charge is 2.24. The molecule has 0 aromatic heterocycles. The molecule has 1 N–H and O–H groups in total. The zero-order chi connectivity index (χ0) is 9.68. The third-order valence-corrected chi connectivity index (χ3v) is 2.84. The third kappa shape index (κ3) is 3.36. The normalized spacial score (nSPS) is 21.5. The molecule has 0 saturated carbocycles. The first-order chi connectivity index (χ1) is 6.24. The number of thioether (sulfide) groups is 1. The minimum absolute atomic E-state index is 0.0825. The first-order valence-corrected chi connectivity index (χ1v) is 5.32. The molecule has 1 fully saturated rings. The van der Waals surface area contributed by atoms with Gasteiger partial charge in [0.2, 0.25) is 0 Å². The van der Waals surface area contributed by atoms with Crippen molar-refractivity contribution < 1.29 is 14.3 Å². The van der Waals surface area contributed by atoms with Gasteiger partial charge in [-0.2, -0.15) is 0 Å². The van der Waals surface area contributed by atoms with Crippen LogP contribution >= 0.6 is 11.8 Å². The Morgan fingerprint density at radius 1 is 1.62 bits per heavy atom. The zero-order valence-corrected chi connectivity index (χ0v) is 8.36. The molecule has 1 heterocycles. The number of Topliss-reactive ketones (excluding diaryl/α,β-unsaturated/α-hetero) is 1. The van der Waals surface area contributed by atoms with Crippen LogP contribution in [0.2, 0.25) is 0 Å².